The first kappa shape index (κ1) is 22.9. The molecule has 0 bridgehead atoms. The van der Waals surface area contributed by atoms with Gasteiger partial charge in [0.05, 0.1) is 17.0 Å². The summed E-state index contributed by atoms with van der Waals surface area (Å²) in [5.74, 6) is -0.0904. The maximum atomic E-state index is 12.4. The van der Waals surface area contributed by atoms with Crippen molar-refractivity contribution in [1.29, 1.82) is 0 Å². The van der Waals surface area contributed by atoms with Gasteiger partial charge < -0.3 is 10.2 Å². The Labute approximate surface area is 173 Å². The van der Waals surface area contributed by atoms with Crippen LogP contribution in [0.25, 0.3) is 0 Å². The number of aromatic nitrogens is 1. The van der Waals surface area contributed by atoms with Crippen molar-refractivity contribution >= 4 is 64.4 Å². The SMILES string of the molecule is CN(C(=O)Cc1csc(NC(=O)c2cccs2)n1)C1CCNCC1.Cl.Cl. The van der Waals surface area contributed by atoms with Crippen molar-refractivity contribution in [2.75, 3.05) is 25.5 Å². The Morgan fingerprint density at radius 3 is 2.69 bits per heavy atom. The van der Waals surface area contributed by atoms with Gasteiger partial charge in [-0.15, -0.1) is 47.5 Å². The number of halogens is 2. The smallest absolute Gasteiger partial charge is 0.267 e. The molecule has 0 spiro atoms. The molecule has 2 amide bonds. The molecule has 1 aliphatic heterocycles. The maximum Gasteiger partial charge on any atom is 0.267 e. The number of carbonyl (C=O) groups is 2. The van der Waals surface area contributed by atoms with Crippen LogP contribution in [0.2, 0.25) is 0 Å². The Morgan fingerprint density at radius 1 is 1.31 bits per heavy atom. The van der Waals surface area contributed by atoms with E-state index in [1.165, 1.54) is 22.7 Å². The molecule has 0 atom stereocenters. The zero-order valence-corrected chi connectivity index (χ0v) is 17.5. The summed E-state index contributed by atoms with van der Waals surface area (Å²) in [6.45, 7) is 1.91. The molecule has 1 fully saturated rings. The number of rotatable bonds is 5. The van der Waals surface area contributed by atoms with E-state index in [0.29, 0.717) is 21.7 Å². The number of piperidine rings is 1. The van der Waals surface area contributed by atoms with Crippen LogP contribution in [0.3, 0.4) is 0 Å². The van der Waals surface area contributed by atoms with Gasteiger partial charge in [-0.3, -0.25) is 14.9 Å². The topological polar surface area (TPSA) is 74.3 Å². The molecular formula is C16H22Cl2N4O2S2. The average molecular weight is 437 g/mol. The number of anilines is 1. The molecule has 6 nitrogen and oxygen atoms in total. The predicted octanol–water partition coefficient (Wildman–Crippen LogP) is 3.05. The van der Waals surface area contributed by atoms with E-state index in [9.17, 15) is 9.59 Å². The minimum Gasteiger partial charge on any atom is -0.342 e. The molecule has 144 valence electrons. The number of hydrogen-bond acceptors (Lipinski definition) is 6. The molecule has 26 heavy (non-hydrogen) atoms. The number of thiophene rings is 1. The lowest BCUT2D eigenvalue weighted by Gasteiger charge is -2.31. The average Bonchev–Trinajstić information content (AvgIpc) is 3.27. The molecule has 1 saturated heterocycles. The van der Waals surface area contributed by atoms with E-state index in [0.717, 1.165) is 25.9 Å². The van der Waals surface area contributed by atoms with E-state index in [2.05, 4.69) is 15.6 Å². The lowest BCUT2D eigenvalue weighted by Crippen LogP contribution is -2.44. The minimum absolute atomic E-state index is 0. The number of likely N-dealkylation sites (N-methyl/N-ethyl adjacent to an activating group) is 1. The summed E-state index contributed by atoms with van der Waals surface area (Å²) in [5, 5.41) is 10.3. The van der Waals surface area contributed by atoms with E-state index < -0.39 is 0 Å². The second-order valence-corrected chi connectivity index (χ2v) is 7.54. The molecule has 2 N–H and O–H groups in total. The number of carbonyl (C=O) groups excluding carboxylic acids is 2. The van der Waals surface area contributed by atoms with Crippen LogP contribution in [0.5, 0.6) is 0 Å². The largest absolute Gasteiger partial charge is 0.342 e. The van der Waals surface area contributed by atoms with E-state index in [1.807, 2.05) is 28.8 Å². The second kappa shape index (κ2) is 10.8. The van der Waals surface area contributed by atoms with Gasteiger partial charge in [0.1, 0.15) is 0 Å². The maximum absolute atomic E-state index is 12.4. The van der Waals surface area contributed by atoms with Crippen molar-refractivity contribution in [2.24, 2.45) is 0 Å². The Balaban J connectivity index is 0.00000169. The minimum atomic E-state index is -0.163. The molecule has 0 radical (unpaired) electrons. The summed E-state index contributed by atoms with van der Waals surface area (Å²) in [7, 11) is 1.87. The van der Waals surface area contributed by atoms with Crippen molar-refractivity contribution in [3.05, 3.63) is 33.5 Å². The Kier molecular flexibility index (Phi) is 9.52. The third-order valence-electron chi connectivity index (χ3n) is 4.10. The van der Waals surface area contributed by atoms with Gasteiger partial charge in [0.25, 0.3) is 5.91 Å². The molecule has 2 aromatic heterocycles. The number of nitrogens with one attached hydrogen (secondary N) is 2. The Bertz CT molecular complexity index is 703. The van der Waals surface area contributed by atoms with Gasteiger partial charge >= 0.3 is 0 Å². The first-order valence-electron chi connectivity index (χ1n) is 7.89. The molecule has 2 aromatic rings. The molecular weight excluding hydrogens is 415 g/mol. The van der Waals surface area contributed by atoms with Crippen molar-refractivity contribution in [3.8, 4) is 0 Å². The van der Waals surface area contributed by atoms with Crippen molar-refractivity contribution in [1.82, 2.24) is 15.2 Å². The molecule has 10 heteroatoms. The normalized spacial score (nSPS) is 14.0. The molecule has 1 aliphatic rings. The molecule has 0 aliphatic carbocycles. The van der Waals surface area contributed by atoms with Crippen molar-refractivity contribution in [2.45, 2.75) is 25.3 Å². The van der Waals surface area contributed by atoms with Crippen LogP contribution < -0.4 is 10.6 Å². The summed E-state index contributed by atoms with van der Waals surface area (Å²) in [6.07, 6.45) is 2.24. The molecule has 3 rings (SSSR count). The molecule has 0 saturated carbocycles. The highest BCUT2D eigenvalue weighted by Gasteiger charge is 2.22. The first-order chi connectivity index (χ1) is 11.6. The standard InChI is InChI=1S/C16H20N4O2S2.2ClH/c1-20(12-4-6-17-7-5-12)14(21)9-11-10-24-16(18-11)19-15(22)13-3-2-8-23-13;;/h2-3,8,10,12,17H,4-7,9H2,1H3,(H,18,19,22);2*1H. The van der Waals surface area contributed by atoms with Gasteiger partial charge in [-0.1, -0.05) is 6.07 Å². The third kappa shape index (κ3) is 5.92. The van der Waals surface area contributed by atoms with Crippen molar-refractivity contribution in [3.63, 3.8) is 0 Å². The van der Waals surface area contributed by atoms with Gasteiger partial charge in [0.2, 0.25) is 5.91 Å². The van der Waals surface area contributed by atoms with Crippen LogP contribution in [0.1, 0.15) is 28.2 Å². The van der Waals surface area contributed by atoms with Crippen LogP contribution >= 0.6 is 47.5 Å². The quantitative estimate of drug-likeness (QED) is 0.754. The monoisotopic (exact) mass is 436 g/mol. The fourth-order valence-corrected chi connectivity index (χ4v) is 4.01. The van der Waals surface area contributed by atoms with Crippen LogP contribution in [0.15, 0.2) is 22.9 Å². The highest BCUT2D eigenvalue weighted by molar-refractivity contribution is 7.14. The van der Waals surface area contributed by atoms with E-state index in [1.54, 1.807) is 6.07 Å². The number of nitrogens with zero attached hydrogens (tertiary/aromatic N) is 2. The van der Waals surface area contributed by atoms with Gasteiger partial charge in [-0.2, -0.15) is 0 Å². The third-order valence-corrected chi connectivity index (χ3v) is 5.77. The highest BCUT2D eigenvalue weighted by atomic mass is 35.5. The van der Waals surface area contributed by atoms with Gasteiger partial charge in [0, 0.05) is 18.5 Å². The summed E-state index contributed by atoms with van der Waals surface area (Å²) in [6, 6.07) is 3.91. The highest BCUT2D eigenvalue weighted by Crippen LogP contribution is 2.19. The first-order valence-corrected chi connectivity index (χ1v) is 9.65. The van der Waals surface area contributed by atoms with E-state index >= 15 is 0 Å². The van der Waals surface area contributed by atoms with Crippen LogP contribution in [0, 0.1) is 0 Å². The van der Waals surface area contributed by atoms with E-state index in [4.69, 9.17) is 0 Å². The summed E-state index contributed by atoms with van der Waals surface area (Å²) >= 11 is 2.73. The fourth-order valence-electron chi connectivity index (χ4n) is 2.69. The molecule has 3 heterocycles. The molecule has 0 unspecified atom stereocenters. The van der Waals surface area contributed by atoms with Gasteiger partial charge in [-0.25, -0.2) is 4.98 Å². The second-order valence-electron chi connectivity index (χ2n) is 5.74. The van der Waals surface area contributed by atoms with Crippen molar-refractivity contribution < 1.29 is 9.59 Å². The zero-order valence-electron chi connectivity index (χ0n) is 14.3. The summed E-state index contributed by atoms with van der Waals surface area (Å²) in [5.41, 5.74) is 0.701. The van der Waals surface area contributed by atoms with Crippen LogP contribution in [0.4, 0.5) is 5.13 Å². The van der Waals surface area contributed by atoms with Gasteiger partial charge in [-0.05, 0) is 37.4 Å². The fraction of sp³-hybridized carbons (Fsp3) is 0.438. The van der Waals surface area contributed by atoms with Crippen LogP contribution in [-0.2, 0) is 11.2 Å². The lowest BCUT2D eigenvalue weighted by molar-refractivity contribution is -0.131. The zero-order chi connectivity index (χ0) is 16.9. The predicted molar refractivity (Wildman–Crippen MR) is 111 cm³/mol. The Morgan fingerprint density at radius 2 is 2.04 bits per heavy atom. The summed E-state index contributed by atoms with van der Waals surface area (Å²) < 4.78 is 0. The molecule has 0 aromatic carbocycles. The van der Waals surface area contributed by atoms with Crippen LogP contribution in [-0.4, -0.2) is 47.9 Å². The van der Waals surface area contributed by atoms with Gasteiger partial charge in [0.15, 0.2) is 5.13 Å². The van der Waals surface area contributed by atoms with E-state index in [-0.39, 0.29) is 43.0 Å². The number of amides is 2. The lowest BCUT2D eigenvalue weighted by atomic mass is 10.0. The number of thiazole rings is 1. The number of hydrogen-bond donors (Lipinski definition) is 2. The Hall–Kier alpha value is -1.19. The summed E-state index contributed by atoms with van der Waals surface area (Å²) in [4.78, 5) is 31.3.